The van der Waals surface area contributed by atoms with E-state index >= 15 is 0 Å². The molecule has 1 radical (unpaired) electrons. The molecule has 2 nitrogen and oxygen atoms in total. The zero-order valence-electron chi connectivity index (χ0n) is 7.67. The van der Waals surface area contributed by atoms with Crippen LogP contribution in [0.4, 0.5) is 0 Å². The van der Waals surface area contributed by atoms with Crippen molar-refractivity contribution < 1.29 is 8.42 Å². The first-order valence-electron chi connectivity index (χ1n) is 4.74. The van der Waals surface area contributed by atoms with Crippen molar-refractivity contribution in [3.8, 4) is 0 Å². The second kappa shape index (κ2) is 4.26. The largest absolute Gasteiger partial charge is 0.228 e. The first kappa shape index (κ1) is 10.0. The molecule has 12 heavy (non-hydrogen) atoms. The van der Waals surface area contributed by atoms with Crippen LogP contribution in [0.1, 0.15) is 45.4 Å². The number of hydrogen-bond acceptors (Lipinski definition) is 2. The lowest BCUT2D eigenvalue weighted by Crippen LogP contribution is -2.22. The molecular formula is C9H17O2S. The molecule has 0 spiro atoms. The summed E-state index contributed by atoms with van der Waals surface area (Å²) in [6.45, 7) is 2.09. The summed E-state index contributed by atoms with van der Waals surface area (Å²) in [6.07, 6.45) is 5.69. The molecule has 71 valence electrons. The molecule has 0 atom stereocenters. The van der Waals surface area contributed by atoms with Crippen molar-refractivity contribution in [2.45, 2.75) is 45.4 Å². The third-order valence-electron chi connectivity index (χ3n) is 2.37. The van der Waals surface area contributed by atoms with Crippen LogP contribution < -0.4 is 0 Å². The molecule has 0 aromatic carbocycles. The van der Waals surface area contributed by atoms with Gasteiger partial charge < -0.3 is 0 Å². The summed E-state index contributed by atoms with van der Waals surface area (Å²) in [7, 11) is -2.78. The Kier molecular flexibility index (Phi) is 3.56. The van der Waals surface area contributed by atoms with Crippen molar-refractivity contribution in [2.24, 2.45) is 0 Å². The fourth-order valence-corrected chi connectivity index (χ4v) is 3.10. The summed E-state index contributed by atoms with van der Waals surface area (Å²) in [4.78, 5) is 0. The molecule has 0 unspecified atom stereocenters. The van der Waals surface area contributed by atoms with Gasteiger partial charge in [0.15, 0.2) is 9.84 Å². The van der Waals surface area contributed by atoms with Crippen molar-refractivity contribution in [1.29, 1.82) is 0 Å². The van der Waals surface area contributed by atoms with Crippen LogP contribution in [0.25, 0.3) is 0 Å². The van der Waals surface area contributed by atoms with E-state index in [1.54, 1.807) is 0 Å². The maximum Gasteiger partial charge on any atom is 0.157 e. The average molecular weight is 189 g/mol. The van der Waals surface area contributed by atoms with Gasteiger partial charge in [-0.05, 0) is 19.3 Å². The summed E-state index contributed by atoms with van der Waals surface area (Å²) < 4.78 is 22.9. The van der Waals surface area contributed by atoms with Gasteiger partial charge in [-0.15, -0.1) is 0 Å². The Labute approximate surface area is 75.3 Å². The fourth-order valence-electron chi connectivity index (χ4n) is 1.32. The van der Waals surface area contributed by atoms with Gasteiger partial charge in [0.2, 0.25) is 0 Å². The van der Waals surface area contributed by atoms with Crippen molar-refractivity contribution in [3.05, 3.63) is 5.25 Å². The Balaban J connectivity index is 2.28. The van der Waals surface area contributed by atoms with E-state index in [4.69, 9.17) is 0 Å². The standard InChI is InChI=1S/C9H17O2S/c1-2-3-4-8-12(10,11)9-6-5-7-9/h2-8H2,1H3. The molecule has 1 rings (SSSR count). The number of rotatable bonds is 5. The van der Waals surface area contributed by atoms with Gasteiger partial charge in [0.25, 0.3) is 0 Å². The highest BCUT2D eigenvalue weighted by molar-refractivity contribution is 7.94. The van der Waals surface area contributed by atoms with Crippen LogP contribution in [0.2, 0.25) is 0 Å². The predicted octanol–water partition coefficient (Wildman–Crippen LogP) is 2.31. The van der Waals surface area contributed by atoms with E-state index in [-0.39, 0.29) is 0 Å². The summed E-state index contributed by atoms with van der Waals surface area (Å²) in [5.41, 5.74) is 0. The average Bonchev–Trinajstić information content (AvgIpc) is 1.82. The first-order chi connectivity index (χ1) is 5.67. The van der Waals surface area contributed by atoms with Crippen LogP contribution in [-0.2, 0) is 9.84 Å². The molecule has 3 heteroatoms. The summed E-state index contributed by atoms with van der Waals surface area (Å²) >= 11 is 0. The minimum absolute atomic E-state index is 0.385. The summed E-state index contributed by atoms with van der Waals surface area (Å²) in [5, 5.41) is 0.804. The molecular weight excluding hydrogens is 172 g/mol. The third kappa shape index (κ3) is 2.47. The van der Waals surface area contributed by atoms with Crippen LogP contribution >= 0.6 is 0 Å². The van der Waals surface area contributed by atoms with Gasteiger partial charge in [-0.2, -0.15) is 0 Å². The van der Waals surface area contributed by atoms with E-state index in [1.165, 1.54) is 0 Å². The maximum atomic E-state index is 11.5. The molecule has 1 aliphatic carbocycles. The second-order valence-electron chi connectivity index (χ2n) is 3.42. The molecule has 1 saturated carbocycles. The minimum atomic E-state index is -2.78. The zero-order valence-corrected chi connectivity index (χ0v) is 8.49. The van der Waals surface area contributed by atoms with Crippen LogP contribution in [0, 0.1) is 5.25 Å². The maximum absolute atomic E-state index is 11.5. The van der Waals surface area contributed by atoms with Crippen molar-refractivity contribution in [1.82, 2.24) is 0 Å². The van der Waals surface area contributed by atoms with Gasteiger partial charge in [0.1, 0.15) is 0 Å². The van der Waals surface area contributed by atoms with Gasteiger partial charge in [-0.1, -0.05) is 26.2 Å². The molecule has 1 fully saturated rings. The Morgan fingerprint density at radius 2 is 1.92 bits per heavy atom. The van der Waals surface area contributed by atoms with E-state index in [0.717, 1.165) is 43.8 Å². The van der Waals surface area contributed by atoms with Crippen LogP contribution in [0.15, 0.2) is 0 Å². The molecule has 0 saturated heterocycles. The minimum Gasteiger partial charge on any atom is -0.228 e. The van der Waals surface area contributed by atoms with Crippen LogP contribution in [0.3, 0.4) is 0 Å². The molecule has 0 aliphatic heterocycles. The Morgan fingerprint density at radius 1 is 1.25 bits per heavy atom. The zero-order chi connectivity index (χ0) is 9.03. The van der Waals surface area contributed by atoms with E-state index in [2.05, 4.69) is 6.92 Å². The SMILES string of the molecule is CCCCCS(=O)(=O)[C]1CCC1. The lowest BCUT2D eigenvalue weighted by atomic mass is 10.00. The van der Waals surface area contributed by atoms with E-state index < -0.39 is 9.84 Å². The highest BCUT2D eigenvalue weighted by atomic mass is 32.2. The number of hydrogen-bond donors (Lipinski definition) is 0. The molecule has 0 bridgehead atoms. The highest BCUT2D eigenvalue weighted by Gasteiger charge is 2.31. The topological polar surface area (TPSA) is 34.1 Å². The summed E-state index contributed by atoms with van der Waals surface area (Å²) in [5.74, 6) is 0.385. The quantitative estimate of drug-likeness (QED) is 0.622. The molecule has 0 heterocycles. The van der Waals surface area contributed by atoms with Crippen molar-refractivity contribution in [3.63, 3.8) is 0 Å². The monoisotopic (exact) mass is 189 g/mol. The molecule has 0 aromatic rings. The lowest BCUT2D eigenvalue weighted by molar-refractivity contribution is 0.546. The van der Waals surface area contributed by atoms with Gasteiger partial charge >= 0.3 is 0 Å². The van der Waals surface area contributed by atoms with Crippen molar-refractivity contribution >= 4 is 9.84 Å². The Morgan fingerprint density at radius 3 is 2.33 bits per heavy atom. The van der Waals surface area contributed by atoms with Crippen molar-refractivity contribution in [2.75, 3.05) is 5.75 Å². The first-order valence-corrected chi connectivity index (χ1v) is 6.39. The smallest absolute Gasteiger partial charge is 0.157 e. The highest BCUT2D eigenvalue weighted by Crippen LogP contribution is 2.34. The fraction of sp³-hybridized carbons (Fsp3) is 0.889. The van der Waals surface area contributed by atoms with Gasteiger partial charge in [0.05, 0.1) is 11.0 Å². The van der Waals surface area contributed by atoms with Gasteiger partial charge in [-0.3, -0.25) is 0 Å². The Hall–Kier alpha value is -0.0500. The molecule has 1 aliphatic rings. The van der Waals surface area contributed by atoms with E-state index in [9.17, 15) is 8.42 Å². The normalized spacial score (nSPS) is 19.1. The summed E-state index contributed by atoms with van der Waals surface area (Å²) in [6, 6.07) is 0. The number of unbranched alkanes of at least 4 members (excludes halogenated alkanes) is 2. The third-order valence-corrected chi connectivity index (χ3v) is 4.48. The van der Waals surface area contributed by atoms with Crippen LogP contribution in [0.5, 0.6) is 0 Å². The van der Waals surface area contributed by atoms with Crippen LogP contribution in [-0.4, -0.2) is 14.2 Å². The molecule has 0 N–H and O–H groups in total. The number of sulfone groups is 1. The van der Waals surface area contributed by atoms with Gasteiger partial charge in [0, 0.05) is 0 Å². The van der Waals surface area contributed by atoms with E-state index in [1.807, 2.05) is 0 Å². The molecule has 0 amide bonds. The van der Waals surface area contributed by atoms with Gasteiger partial charge in [-0.25, -0.2) is 8.42 Å². The lowest BCUT2D eigenvalue weighted by Gasteiger charge is -2.23. The van der Waals surface area contributed by atoms with E-state index in [0.29, 0.717) is 5.75 Å². The Bertz CT molecular complexity index is 215. The molecule has 0 aromatic heterocycles. The predicted molar refractivity (Wildman–Crippen MR) is 50.4 cm³/mol. The second-order valence-corrected chi connectivity index (χ2v) is 5.63.